The van der Waals surface area contributed by atoms with E-state index in [9.17, 15) is 4.79 Å². The lowest BCUT2D eigenvalue weighted by molar-refractivity contribution is -0.136. The number of unbranched alkanes of at least 4 members (excludes halogenated alkanes) is 4. The number of rotatable bonds is 14. The maximum atomic E-state index is 10.3. The summed E-state index contributed by atoms with van der Waals surface area (Å²) in [5, 5.41) is 11.6. The largest absolute Gasteiger partial charge is 0.500 e. The minimum absolute atomic E-state index is 0.192. The Bertz CT molecular complexity index is 241. The molecule has 2 N–H and O–H groups in total. The van der Waals surface area contributed by atoms with Crippen molar-refractivity contribution in [3.05, 3.63) is 0 Å². The highest BCUT2D eigenvalue weighted by molar-refractivity contribution is 6.60. The van der Waals surface area contributed by atoms with E-state index < -0.39 is 14.8 Å². The van der Waals surface area contributed by atoms with Gasteiger partial charge in [-0.25, -0.2) is 0 Å². The van der Waals surface area contributed by atoms with Gasteiger partial charge in [-0.3, -0.25) is 4.79 Å². The smallest absolute Gasteiger partial charge is 0.481 e. The number of carbonyl (C=O) groups is 1. The third-order valence-corrected chi connectivity index (χ3v) is 6.12. The average molecular weight is 307 g/mol. The van der Waals surface area contributed by atoms with Crippen molar-refractivity contribution in [3.63, 3.8) is 0 Å². The SMILES string of the molecule is CO[Si](CCCCCCCNCCC(=O)O)(OC)OC. The van der Waals surface area contributed by atoms with Crippen LogP contribution in [-0.2, 0) is 18.1 Å². The molecule has 0 saturated heterocycles. The fourth-order valence-corrected chi connectivity index (χ4v) is 3.79. The molecular formula is C13H29NO5Si. The lowest BCUT2D eigenvalue weighted by Crippen LogP contribution is -2.42. The second-order valence-corrected chi connectivity index (χ2v) is 7.80. The maximum Gasteiger partial charge on any atom is 0.500 e. The fraction of sp³-hybridized carbons (Fsp3) is 0.923. The van der Waals surface area contributed by atoms with Gasteiger partial charge in [-0.05, 0) is 19.4 Å². The Labute approximate surface area is 123 Å². The quantitative estimate of drug-likeness (QED) is 0.377. The Balaban J connectivity index is 3.38. The van der Waals surface area contributed by atoms with Gasteiger partial charge in [-0.2, -0.15) is 0 Å². The summed E-state index contributed by atoms with van der Waals surface area (Å²) in [5.41, 5.74) is 0. The molecule has 0 spiro atoms. The Morgan fingerprint density at radius 2 is 1.50 bits per heavy atom. The zero-order valence-electron chi connectivity index (χ0n) is 12.9. The van der Waals surface area contributed by atoms with Crippen LogP contribution >= 0.6 is 0 Å². The average Bonchev–Trinajstić information content (AvgIpc) is 2.45. The monoisotopic (exact) mass is 307 g/mol. The molecule has 0 fully saturated rings. The zero-order chi connectivity index (χ0) is 15.3. The van der Waals surface area contributed by atoms with Crippen LogP contribution in [0.2, 0.25) is 6.04 Å². The van der Waals surface area contributed by atoms with Gasteiger partial charge in [0.1, 0.15) is 0 Å². The number of carboxylic acids is 1. The minimum atomic E-state index is -2.38. The van der Waals surface area contributed by atoms with Gasteiger partial charge in [0.25, 0.3) is 0 Å². The predicted molar refractivity (Wildman–Crippen MR) is 79.8 cm³/mol. The molecule has 0 unspecified atom stereocenters. The lowest BCUT2D eigenvalue weighted by Gasteiger charge is -2.24. The van der Waals surface area contributed by atoms with Crippen molar-refractivity contribution in [1.82, 2.24) is 5.32 Å². The van der Waals surface area contributed by atoms with Crippen molar-refractivity contribution < 1.29 is 23.2 Å². The molecule has 120 valence electrons. The summed E-state index contributed by atoms with van der Waals surface area (Å²) in [7, 11) is 2.54. The molecule has 6 nitrogen and oxygen atoms in total. The first-order valence-corrected chi connectivity index (χ1v) is 9.11. The maximum absolute atomic E-state index is 10.3. The van der Waals surface area contributed by atoms with Gasteiger partial charge in [0.05, 0.1) is 6.42 Å². The number of hydrogen-bond donors (Lipinski definition) is 2. The van der Waals surface area contributed by atoms with Gasteiger partial charge in [-0.15, -0.1) is 0 Å². The third kappa shape index (κ3) is 9.43. The van der Waals surface area contributed by atoms with Crippen molar-refractivity contribution >= 4 is 14.8 Å². The van der Waals surface area contributed by atoms with Crippen molar-refractivity contribution in [2.75, 3.05) is 34.4 Å². The lowest BCUT2D eigenvalue weighted by atomic mass is 10.1. The Hall–Kier alpha value is -0.473. The molecule has 0 rings (SSSR count). The molecule has 0 aliphatic carbocycles. The first-order chi connectivity index (χ1) is 9.60. The van der Waals surface area contributed by atoms with E-state index in [4.69, 9.17) is 18.4 Å². The summed E-state index contributed by atoms with van der Waals surface area (Å²) in [6.07, 6.45) is 5.79. The summed E-state index contributed by atoms with van der Waals surface area (Å²) in [4.78, 5) is 10.3. The van der Waals surface area contributed by atoms with E-state index in [0.29, 0.717) is 6.54 Å². The highest BCUT2D eigenvalue weighted by Crippen LogP contribution is 2.17. The van der Waals surface area contributed by atoms with E-state index in [0.717, 1.165) is 38.3 Å². The zero-order valence-corrected chi connectivity index (χ0v) is 13.9. The van der Waals surface area contributed by atoms with Crippen LogP contribution in [0.1, 0.15) is 38.5 Å². The van der Waals surface area contributed by atoms with Crippen molar-refractivity contribution in [2.24, 2.45) is 0 Å². The molecule has 7 heteroatoms. The summed E-state index contributed by atoms with van der Waals surface area (Å²) in [6.45, 7) is 1.44. The van der Waals surface area contributed by atoms with Crippen LogP contribution < -0.4 is 5.32 Å². The molecule has 20 heavy (non-hydrogen) atoms. The molecule has 0 amide bonds. The molecular weight excluding hydrogens is 278 g/mol. The number of carboxylic acid groups (broad SMARTS) is 1. The third-order valence-electron chi connectivity index (χ3n) is 3.29. The molecule has 0 atom stereocenters. The summed E-state index contributed by atoms with van der Waals surface area (Å²) >= 11 is 0. The van der Waals surface area contributed by atoms with Crippen LogP contribution in [-0.4, -0.2) is 54.3 Å². The van der Waals surface area contributed by atoms with Crippen LogP contribution in [0.25, 0.3) is 0 Å². The molecule has 0 saturated carbocycles. The van der Waals surface area contributed by atoms with E-state index in [1.54, 1.807) is 21.3 Å². The molecule has 0 aromatic rings. The molecule has 0 bridgehead atoms. The van der Waals surface area contributed by atoms with Crippen LogP contribution in [0.3, 0.4) is 0 Å². The van der Waals surface area contributed by atoms with Crippen molar-refractivity contribution in [2.45, 2.75) is 44.6 Å². The van der Waals surface area contributed by atoms with Crippen LogP contribution in [0.4, 0.5) is 0 Å². The van der Waals surface area contributed by atoms with Gasteiger partial charge >= 0.3 is 14.8 Å². The standard InChI is InChI=1S/C13H29NO5Si/c1-17-20(18-2,19-3)12-8-6-4-5-7-10-14-11-9-13(15)16/h14H,4-12H2,1-3H3,(H,15,16). The predicted octanol–water partition coefficient (Wildman–Crippen LogP) is 1.88. The number of nitrogens with one attached hydrogen (secondary N) is 1. The number of aliphatic carboxylic acids is 1. The van der Waals surface area contributed by atoms with Crippen molar-refractivity contribution in [1.29, 1.82) is 0 Å². The molecule has 0 aliphatic rings. The highest BCUT2D eigenvalue weighted by atomic mass is 28.4. The minimum Gasteiger partial charge on any atom is -0.481 e. The van der Waals surface area contributed by atoms with Gasteiger partial charge in [0, 0.05) is 33.9 Å². The van der Waals surface area contributed by atoms with Crippen LogP contribution in [0.15, 0.2) is 0 Å². The highest BCUT2D eigenvalue weighted by Gasteiger charge is 2.36. The molecule has 0 heterocycles. The second kappa shape index (κ2) is 12.3. The molecule has 0 aromatic carbocycles. The number of hydrogen-bond acceptors (Lipinski definition) is 5. The Morgan fingerprint density at radius 1 is 0.950 bits per heavy atom. The van der Waals surface area contributed by atoms with E-state index >= 15 is 0 Å². The first-order valence-electron chi connectivity index (χ1n) is 7.18. The van der Waals surface area contributed by atoms with E-state index in [-0.39, 0.29) is 6.42 Å². The fourth-order valence-electron chi connectivity index (χ4n) is 2.00. The first kappa shape index (κ1) is 19.5. The molecule has 0 aromatic heterocycles. The summed E-state index contributed by atoms with van der Waals surface area (Å²) in [5.74, 6) is -0.750. The Morgan fingerprint density at radius 3 is 2.05 bits per heavy atom. The van der Waals surface area contributed by atoms with E-state index in [1.807, 2.05) is 0 Å². The van der Waals surface area contributed by atoms with E-state index in [2.05, 4.69) is 5.32 Å². The van der Waals surface area contributed by atoms with Crippen LogP contribution in [0.5, 0.6) is 0 Å². The van der Waals surface area contributed by atoms with Gasteiger partial charge < -0.3 is 23.7 Å². The summed E-state index contributed by atoms with van der Waals surface area (Å²) in [6, 6.07) is 0.855. The Kier molecular flexibility index (Phi) is 12.0. The van der Waals surface area contributed by atoms with Crippen LogP contribution in [0, 0.1) is 0 Å². The van der Waals surface area contributed by atoms with Gasteiger partial charge in [0.2, 0.25) is 0 Å². The topological polar surface area (TPSA) is 77.0 Å². The molecule has 0 radical (unpaired) electrons. The second-order valence-electron chi connectivity index (χ2n) is 4.71. The van der Waals surface area contributed by atoms with E-state index in [1.165, 1.54) is 6.42 Å². The normalized spacial score (nSPS) is 11.8. The molecule has 0 aliphatic heterocycles. The van der Waals surface area contributed by atoms with Gasteiger partial charge in [-0.1, -0.05) is 19.3 Å². The van der Waals surface area contributed by atoms with Gasteiger partial charge in [0.15, 0.2) is 0 Å². The van der Waals surface area contributed by atoms with Crippen molar-refractivity contribution in [3.8, 4) is 0 Å². The summed E-state index contributed by atoms with van der Waals surface area (Å²) < 4.78 is 16.1.